The Morgan fingerprint density at radius 3 is 2.17 bits per heavy atom. The number of hydrogen-bond donors (Lipinski definition) is 0. The van der Waals surface area contributed by atoms with Crippen molar-refractivity contribution in [3.63, 3.8) is 0 Å². The Bertz CT molecular complexity index is 1590. The number of benzene rings is 4. The first-order valence-electron chi connectivity index (χ1n) is 12.4. The fourth-order valence-electron chi connectivity index (χ4n) is 5.31. The van der Waals surface area contributed by atoms with Gasteiger partial charge >= 0.3 is 0 Å². The number of aryl methyl sites for hydroxylation is 2. The first-order chi connectivity index (χ1) is 17.3. The van der Waals surface area contributed by atoms with Gasteiger partial charge in [0.05, 0.1) is 0 Å². The van der Waals surface area contributed by atoms with Gasteiger partial charge in [0, 0.05) is 15.0 Å². The van der Waals surface area contributed by atoms with Crippen molar-refractivity contribution < 1.29 is 0 Å². The third kappa shape index (κ3) is 4.14. The van der Waals surface area contributed by atoms with Gasteiger partial charge in [-0.2, -0.15) is 0 Å². The number of rotatable bonds is 3. The van der Waals surface area contributed by atoms with Crippen molar-refractivity contribution >= 4 is 27.0 Å². The highest BCUT2D eigenvalue weighted by Crippen LogP contribution is 2.51. The first-order valence-corrected chi connectivity index (χ1v) is 13.2. The molecule has 0 bridgehead atoms. The normalized spacial score (nSPS) is 12.9. The minimum absolute atomic E-state index is 0.0407. The molecule has 5 aromatic rings. The number of fused-ring (bicyclic) bond motifs is 4. The molecule has 6 rings (SSSR count). The van der Waals surface area contributed by atoms with Crippen LogP contribution in [-0.2, 0) is 5.41 Å². The molecule has 1 aromatic heterocycles. The van der Waals surface area contributed by atoms with Crippen molar-refractivity contribution in [1.82, 2.24) is 0 Å². The zero-order valence-corrected chi connectivity index (χ0v) is 22.4. The summed E-state index contributed by atoms with van der Waals surface area (Å²) in [5, 5.41) is 1.41. The summed E-state index contributed by atoms with van der Waals surface area (Å²) in [6.07, 6.45) is 1.80. The molecule has 0 nitrogen and oxygen atoms in total. The van der Waals surface area contributed by atoms with Gasteiger partial charge in [-0.15, -0.1) is 11.3 Å². The Labute approximate surface area is 219 Å². The van der Waals surface area contributed by atoms with Crippen LogP contribution in [0.2, 0.25) is 0 Å². The predicted molar refractivity (Wildman–Crippen MR) is 160 cm³/mol. The maximum atomic E-state index is 4.03. The molecular formula is C35H32S. The van der Waals surface area contributed by atoms with Crippen molar-refractivity contribution in [2.75, 3.05) is 0 Å². The van der Waals surface area contributed by atoms with Crippen molar-refractivity contribution in [3.05, 3.63) is 137 Å². The fourth-order valence-corrected chi connectivity index (χ4v) is 6.31. The molecule has 0 fully saturated rings. The van der Waals surface area contributed by atoms with Crippen molar-refractivity contribution in [3.8, 4) is 22.3 Å². The molecule has 0 aliphatic heterocycles. The number of thiophene rings is 1. The van der Waals surface area contributed by atoms with Crippen molar-refractivity contribution in [1.29, 1.82) is 0 Å². The molecule has 0 unspecified atom stereocenters. The first kappa shape index (κ1) is 24.0. The minimum atomic E-state index is 0.0407. The molecule has 0 N–H and O–H groups in total. The van der Waals surface area contributed by atoms with Crippen LogP contribution in [-0.4, -0.2) is 0 Å². The van der Waals surface area contributed by atoms with E-state index in [1.807, 2.05) is 11.3 Å². The number of hydrogen-bond acceptors (Lipinski definition) is 1. The molecule has 0 radical (unpaired) electrons. The summed E-state index contributed by atoms with van der Waals surface area (Å²) < 4.78 is 1.41. The van der Waals surface area contributed by atoms with E-state index < -0.39 is 0 Å². The Kier molecular flexibility index (Phi) is 6.28. The van der Waals surface area contributed by atoms with E-state index in [9.17, 15) is 0 Å². The fraction of sp³-hybridized carbons (Fsp3) is 0.143. The van der Waals surface area contributed by atoms with E-state index in [1.165, 1.54) is 53.9 Å². The third-order valence-electron chi connectivity index (χ3n) is 7.32. The Morgan fingerprint density at radius 2 is 1.44 bits per heavy atom. The molecular weight excluding hydrogens is 452 g/mol. The summed E-state index contributed by atoms with van der Waals surface area (Å²) in [6.45, 7) is 16.8. The van der Waals surface area contributed by atoms with E-state index in [0.29, 0.717) is 0 Å². The van der Waals surface area contributed by atoms with Gasteiger partial charge in [0.2, 0.25) is 0 Å². The summed E-state index contributed by atoms with van der Waals surface area (Å²) in [7, 11) is 0. The Morgan fingerprint density at radius 1 is 0.778 bits per heavy atom. The summed E-state index contributed by atoms with van der Waals surface area (Å²) in [5.41, 5.74) is 11.6. The lowest BCUT2D eigenvalue weighted by Gasteiger charge is -2.21. The SMILES string of the molecule is C=CC(=C)c1ccc(-c2cccc3c2-c2ccccc2C3(C)C)cc1.Cc1cc2c(C)cccc2s1. The van der Waals surface area contributed by atoms with E-state index in [1.54, 1.807) is 6.08 Å². The van der Waals surface area contributed by atoms with Crippen LogP contribution >= 0.6 is 11.3 Å². The van der Waals surface area contributed by atoms with Gasteiger partial charge in [-0.3, -0.25) is 0 Å². The van der Waals surface area contributed by atoms with E-state index in [2.05, 4.69) is 132 Å². The largest absolute Gasteiger partial charge is 0.141 e. The molecule has 1 heteroatoms. The molecule has 0 atom stereocenters. The predicted octanol–water partition coefficient (Wildman–Crippen LogP) is 10.4. The molecule has 0 saturated carbocycles. The second kappa shape index (κ2) is 9.41. The average Bonchev–Trinajstić information content (AvgIpc) is 3.40. The van der Waals surface area contributed by atoms with E-state index in [0.717, 1.165) is 11.1 Å². The highest BCUT2D eigenvalue weighted by atomic mass is 32.1. The zero-order chi connectivity index (χ0) is 25.4. The lowest BCUT2D eigenvalue weighted by Crippen LogP contribution is -2.14. The molecule has 4 aromatic carbocycles. The van der Waals surface area contributed by atoms with Gasteiger partial charge in [-0.25, -0.2) is 0 Å². The highest BCUT2D eigenvalue weighted by molar-refractivity contribution is 7.19. The monoisotopic (exact) mass is 484 g/mol. The summed E-state index contributed by atoms with van der Waals surface area (Å²) in [5.74, 6) is 0. The van der Waals surface area contributed by atoms with Crippen molar-refractivity contribution in [2.24, 2.45) is 0 Å². The lowest BCUT2D eigenvalue weighted by atomic mass is 9.82. The van der Waals surface area contributed by atoms with Crippen LogP contribution in [0.25, 0.3) is 37.9 Å². The maximum Gasteiger partial charge on any atom is 0.0348 e. The van der Waals surface area contributed by atoms with Gasteiger partial charge in [-0.05, 0) is 81.4 Å². The van der Waals surface area contributed by atoms with Crippen LogP contribution in [0.1, 0.15) is 41.0 Å². The van der Waals surface area contributed by atoms with Crippen LogP contribution in [0.15, 0.2) is 110 Å². The highest BCUT2D eigenvalue weighted by Gasteiger charge is 2.36. The van der Waals surface area contributed by atoms with Gasteiger partial charge in [0.1, 0.15) is 0 Å². The van der Waals surface area contributed by atoms with Gasteiger partial charge < -0.3 is 0 Å². The molecule has 0 amide bonds. The van der Waals surface area contributed by atoms with Crippen LogP contribution in [0.4, 0.5) is 0 Å². The van der Waals surface area contributed by atoms with Gasteiger partial charge in [0.25, 0.3) is 0 Å². The van der Waals surface area contributed by atoms with Crippen LogP contribution in [0.3, 0.4) is 0 Å². The molecule has 1 aliphatic carbocycles. The third-order valence-corrected chi connectivity index (χ3v) is 8.34. The Balaban J connectivity index is 0.000000202. The number of allylic oxidation sites excluding steroid dienone is 2. The van der Waals surface area contributed by atoms with Gasteiger partial charge in [-0.1, -0.05) is 112 Å². The van der Waals surface area contributed by atoms with Crippen LogP contribution in [0.5, 0.6) is 0 Å². The standard InChI is InChI=1S/C25H22.C10H10S/c1-5-17(2)18-13-15-19(16-14-18)20-10-8-12-23-24(20)21-9-6-7-11-22(21)25(23,3)4;1-7-4-3-5-10-9(7)6-8(2)11-10/h5-16H,1-2H2,3-4H3;3-6H,1-2H3. The maximum absolute atomic E-state index is 4.03. The second-order valence-corrected chi connectivity index (χ2v) is 11.3. The zero-order valence-electron chi connectivity index (χ0n) is 21.6. The smallest absolute Gasteiger partial charge is 0.0348 e. The van der Waals surface area contributed by atoms with Crippen LogP contribution < -0.4 is 0 Å². The van der Waals surface area contributed by atoms with Crippen LogP contribution in [0, 0.1) is 13.8 Å². The van der Waals surface area contributed by atoms with Crippen molar-refractivity contribution in [2.45, 2.75) is 33.1 Å². The topological polar surface area (TPSA) is 0 Å². The molecule has 1 aliphatic rings. The molecule has 1 heterocycles. The summed E-state index contributed by atoms with van der Waals surface area (Å²) in [4.78, 5) is 1.40. The molecule has 0 saturated heterocycles. The average molecular weight is 485 g/mol. The second-order valence-electron chi connectivity index (χ2n) is 10.0. The summed E-state index contributed by atoms with van der Waals surface area (Å²) >= 11 is 1.87. The molecule has 36 heavy (non-hydrogen) atoms. The summed E-state index contributed by atoms with van der Waals surface area (Å²) in [6, 6.07) is 32.8. The molecule has 178 valence electrons. The minimum Gasteiger partial charge on any atom is -0.141 e. The lowest BCUT2D eigenvalue weighted by molar-refractivity contribution is 0.660. The quantitative estimate of drug-likeness (QED) is 0.223. The van der Waals surface area contributed by atoms with E-state index >= 15 is 0 Å². The van der Waals surface area contributed by atoms with E-state index in [4.69, 9.17) is 0 Å². The van der Waals surface area contributed by atoms with E-state index in [-0.39, 0.29) is 5.41 Å². The Hall–Kier alpha value is -3.68. The van der Waals surface area contributed by atoms with Gasteiger partial charge in [0.15, 0.2) is 0 Å². The molecule has 0 spiro atoms.